The first-order chi connectivity index (χ1) is 10.5. The standard InChI is InChI=1S/C15H18N6O/c1-10-8-14(22)18-15(17-10)20-19-13(9-16)11-4-6-12(7-5-11)21(2)3/h4-8,13,19H,1-3H3,(H2,17,18,20,22)/t13-/m1/s1. The highest BCUT2D eigenvalue weighted by atomic mass is 16.1. The number of hydrazine groups is 1. The normalized spacial score (nSPS) is 11.5. The number of hydrogen-bond acceptors (Lipinski definition) is 6. The Bertz CT molecular complexity index is 729. The molecule has 0 aliphatic heterocycles. The SMILES string of the molecule is Cc1cc(=O)[nH]c(NN[C@H](C#N)c2ccc(N(C)C)cc2)n1. The van der Waals surface area contributed by atoms with Gasteiger partial charge in [0.15, 0.2) is 0 Å². The number of anilines is 2. The Kier molecular flexibility index (Phi) is 4.76. The van der Waals surface area contributed by atoms with Gasteiger partial charge < -0.3 is 4.90 Å². The van der Waals surface area contributed by atoms with Gasteiger partial charge in [-0.1, -0.05) is 12.1 Å². The van der Waals surface area contributed by atoms with Crippen LogP contribution in [-0.2, 0) is 0 Å². The maximum Gasteiger partial charge on any atom is 0.252 e. The Morgan fingerprint density at radius 1 is 1.32 bits per heavy atom. The molecule has 1 atom stereocenters. The largest absolute Gasteiger partial charge is 0.378 e. The number of nitrogens with one attached hydrogen (secondary N) is 3. The van der Waals surface area contributed by atoms with E-state index < -0.39 is 6.04 Å². The van der Waals surface area contributed by atoms with Gasteiger partial charge in [-0.15, -0.1) is 0 Å². The summed E-state index contributed by atoms with van der Waals surface area (Å²) in [5.74, 6) is 0.273. The van der Waals surface area contributed by atoms with Crippen LogP contribution < -0.4 is 21.3 Å². The number of nitriles is 1. The number of aromatic nitrogens is 2. The van der Waals surface area contributed by atoms with Crippen molar-refractivity contribution in [1.82, 2.24) is 15.4 Å². The van der Waals surface area contributed by atoms with Gasteiger partial charge in [0.1, 0.15) is 6.04 Å². The number of benzene rings is 1. The third-order valence-corrected chi connectivity index (χ3v) is 3.08. The lowest BCUT2D eigenvalue weighted by molar-refractivity contribution is 0.704. The van der Waals surface area contributed by atoms with Gasteiger partial charge in [-0.2, -0.15) is 5.26 Å². The first kappa shape index (κ1) is 15.5. The van der Waals surface area contributed by atoms with Crippen molar-refractivity contribution in [3.63, 3.8) is 0 Å². The lowest BCUT2D eigenvalue weighted by Crippen LogP contribution is -2.28. The summed E-state index contributed by atoms with van der Waals surface area (Å²) in [7, 11) is 3.91. The van der Waals surface area contributed by atoms with E-state index in [2.05, 4.69) is 26.9 Å². The van der Waals surface area contributed by atoms with Crippen LogP contribution >= 0.6 is 0 Å². The first-order valence-corrected chi connectivity index (χ1v) is 6.76. The fourth-order valence-corrected chi connectivity index (χ4v) is 1.93. The van der Waals surface area contributed by atoms with E-state index in [0.717, 1.165) is 11.3 Å². The number of aromatic amines is 1. The lowest BCUT2D eigenvalue weighted by atomic mass is 10.1. The Hall–Kier alpha value is -2.85. The van der Waals surface area contributed by atoms with Gasteiger partial charge in [0, 0.05) is 31.5 Å². The zero-order valence-electron chi connectivity index (χ0n) is 12.7. The number of hydrogen-bond donors (Lipinski definition) is 3. The van der Waals surface area contributed by atoms with Crippen molar-refractivity contribution in [2.75, 3.05) is 24.4 Å². The molecule has 1 heterocycles. The Morgan fingerprint density at radius 3 is 2.55 bits per heavy atom. The number of aryl methyl sites for hydroxylation is 1. The molecular weight excluding hydrogens is 280 g/mol. The summed E-state index contributed by atoms with van der Waals surface area (Å²) in [6.45, 7) is 1.72. The molecule has 114 valence electrons. The topological polar surface area (TPSA) is 96.8 Å². The van der Waals surface area contributed by atoms with Crippen molar-refractivity contribution in [1.29, 1.82) is 5.26 Å². The van der Waals surface area contributed by atoms with Gasteiger partial charge in [0.2, 0.25) is 5.95 Å². The third kappa shape index (κ3) is 3.84. The van der Waals surface area contributed by atoms with Gasteiger partial charge >= 0.3 is 0 Å². The van der Waals surface area contributed by atoms with E-state index in [-0.39, 0.29) is 11.5 Å². The molecule has 1 aromatic carbocycles. The second-order valence-corrected chi connectivity index (χ2v) is 5.05. The zero-order valence-corrected chi connectivity index (χ0v) is 12.7. The van der Waals surface area contributed by atoms with Crippen molar-refractivity contribution < 1.29 is 0 Å². The predicted octanol–water partition coefficient (Wildman–Crippen LogP) is 1.33. The second kappa shape index (κ2) is 6.74. The average Bonchev–Trinajstić information content (AvgIpc) is 2.47. The summed E-state index contributed by atoms with van der Waals surface area (Å²) in [4.78, 5) is 20.0. The van der Waals surface area contributed by atoms with Crippen LogP contribution in [0.1, 0.15) is 17.3 Å². The molecule has 0 fully saturated rings. The van der Waals surface area contributed by atoms with E-state index in [1.807, 2.05) is 43.3 Å². The van der Waals surface area contributed by atoms with Crippen LogP contribution in [0.25, 0.3) is 0 Å². The van der Waals surface area contributed by atoms with Gasteiger partial charge in [0.05, 0.1) is 6.07 Å². The van der Waals surface area contributed by atoms with Crippen molar-refractivity contribution >= 4 is 11.6 Å². The molecule has 0 aliphatic rings. The van der Waals surface area contributed by atoms with Crippen LogP contribution in [-0.4, -0.2) is 24.1 Å². The molecule has 0 saturated heterocycles. The minimum atomic E-state index is -0.568. The molecule has 0 spiro atoms. The molecule has 0 saturated carbocycles. The number of rotatable bonds is 5. The zero-order chi connectivity index (χ0) is 16.1. The van der Waals surface area contributed by atoms with Gasteiger partial charge in [-0.3, -0.25) is 15.2 Å². The molecule has 2 aromatic rings. The summed E-state index contributed by atoms with van der Waals surface area (Å²) in [6.07, 6.45) is 0. The first-order valence-electron chi connectivity index (χ1n) is 6.76. The van der Waals surface area contributed by atoms with E-state index in [1.165, 1.54) is 6.07 Å². The van der Waals surface area contributed by atoms with E-state index in [0.29, 0.717) is 5.69 Å². The summed E-state index contributed by atoms with van der Waals surface area (Å²) < 4.78 is 0. The maximum absolute atomic E-state index is 11.4. The lowest BCUT2D eigenvalue weighted by Gasteiger charge is -2.16. The van der Waals surface area contributed by atoms with E-state index in [1.54, 1.807) is 6.92 Å². The molecule has 0 unspecified atom stereocenters. The second-order valence-electron chi connectivity index (χ2n) is 5.05. The van der Waals surface area contributed by atoms with Crippen molar-refractivity contribution in [2.45, 2.75) is 13.0 Å². The van der Waals surface area contributed by atoms with Crippen LogP contribution in [0, 0.1) is 18.3 Å². The third-order valence-electron chi connectivity index (χ3n) is 3.08. The quantitative estimate of drug-likeness (QED) is 0.720. The molecule has 0 aliphatic carbocycles. The van der Waals surface area contributed by atoms with Crippen LogP contribution in [0.5, 0.6) is 0 Å². The molecule has 3 N–H and O–H groups in total. The minimum Gasteiger partial charge on any atom is -0.378 e. The Balaban J connectivity index is 2.09. The number of nitrogens with zero attached hydrogens (tertiary/aromatic N) is 3. The highest BCUT2D eigenvalue weighted by Crippen LogP contribution is 2.17. The van der Waals surface area contributed by atoms with E-state index in [4.69, 9.17) is 0 Å². The molecule has 0 radical (unpaired) electrons. The van der Waals surface area contributed by atoms with Crippen LogP contribution in [0.4, 0.5) is 11.6 Å². The molecule has 7 nitrogen and oxygen atoms in total. The van der Waals surface area contributed by atoms with Crippen molar-refractivity contribution in [3.05, 3.63) is 51.9 Å². The van der Waals surface area contributed by atoms with Crippen LogP contribution in [0.2, 0.25) is 0 Å². The van der Waals surface area contributed by atoms with Gasteiger partial charge in [0.25, 0.3) is 5.56 Å². The van der Waals surface area contributed by atoms with Gasteiger partial charge in [-0.05, 0) is 24.6 Å². The smallest absolute Gasteiger partial charge is 0.252 e. The summed E-state index contributed by atoms with van der Waals surface area (Å²) in [5, 5.41) is 9.29. The fourth-order valence-electron chi connectivity index (χ4n) is 1.93. The monoisotopic (exact) mass is 298 g/mol. The molecule has 2 rings (SSSR count). The average molecular weight is 298 g/mol. The molecule has 7 heteroatoms. The van der Waals surface area contributed by atoms with Crippen LogP contribution in [0.15, 0.2) is 35.1 Å². The fraction of sp³-hybridized carbons (Fsp3) is 0.267. The summed E-state index contributed by atoms with van der Waals surface area (Å²) >= 11 is 0. The van der Waals surface area contributed by atoms with E-state index >= 15 is 0 Å². The van der Waals surface area contributed by atoms with Crippen molar-refractivity contribution in [2.24, 2.45) is 0 Å². The highest BCUT2D eigenvalue weighted by molar-refractivity contribution is 5.47. The Labute approximate surface area is 128 Å². The molecule has 0 amide bonds. The van der Waals surface area contributed by atoms with Gasteiger partial charge in [-0.25, -0.2) is 10.4 Å². The Morgan fingerprint density at radius 2 is 2.00 bits per heavy atom. The summed E-state index contributed by atoms with van der Waals surface area (Å²) in [6, 6.07) is 10.6. The molecule has 22 heavy (non-hydrogen) atoms. The predicted molar refractivity (Wildman–Crippen MR) is 85.5 cm³/mol. The maximum atomic E-state index is 11.4. The minimum absolute atomic E-state index is 0.249. The molecule has 1 aromatic heterocycles. The highest BCUT2D eigenvalue weighted by Gasteiger charge is 2.10. The van der Waals surface area contributed by atoms with Crippen LogP contribution in [0.3, 0.4) is 0 Å². The molecule has 0 bridgehead atoms. The summed E-state index contributed by atoms with van der Waals surface area (Å²) in [5.41, 5.74) is 7.83. The van der Waals surface area contributed by atoms with Crippen molar-refractivity contribution in [3.8, 4) is 6.07 Å². The van der Waals surface area contributed by atoms with E-state index in [9.17, 15) is 10.1 Å². The molecular formula is C15H18N6O. The number of H-pyrrole nitrogens is 1.